The normalized spacial score (nSPS) is 18.5. The van der Waals surface area contributed by atoms with Crippen molar-refractivity contribution in [1.29, 1.82) is 0 Å². The summed E-state index contributed by atoms with van der Waals surface area (Å²) in [5, 5.41) is 11.6. The van der Waals surface area contributed by atoms with E-state index in [4.69, 9.17) is 5.11 Å². The van der Waals surface area contributed by atoms with Gasteiger partial charge in [-0.3, -0.25) is 19.3 Å². The second kappa shape index (κ2) is 8.61. The van der Waals surface area contributed by atoms with Gasteiger partial charge in [-0.15, -0.1) is 0 Å². The van der Waals surface area contributed by atoms with Gasteiger partial charge in [0.05, 0.1) is 19.5 Å². The number of nitrogens with zero attached hydrogens (tertiary/aromatic N) is 2. The number of carbonyl (C=O) groups is 3. The maximum absolute atomic E-state index is 12.1. The Hall–Kier alpha value is -1.63. The van der Waals surface area contributed by atoms with Gasteiger partial charge in [-0.05, 0) is 25.8 Å². The van der Waals surface area contributed by atoms with Gasteiger partial charge in [0, 0.05) is 19.6 Å². The van der Waals surface area contributed by atoms with Gasteiger partial charge in [-0.25, -0.2) is 0 Å². The second-order valence-electron chi connectivity index (χ2n) is 5.46. The molecule has 7 nitrogen and oxygen atoms in total. The minimum absolute atomic E-state index is 0.0380. The number of likely N-dealkylation sites (tertiary alicyclic amines) is 1. The number of rotatable bonds is 8. The number of hydrogen-bond acceptors (Lipinski definition) is 4. The summed E-state index contributed by atoms with van der Waals surface area (Å²) >= 11 is 0. The number of likely N-dealkylation sites (N-methyl/N-ethyl adjacent to an activating group) is 1. The summed E-state index contributed by atoms with van der Waals surface area (Å²) in [6.07, 6.45) is 2.63. The van der Waals surface area contributed by atoms with E-state index in [0.29, 0.717) is 6.54 Å². The smallest absolute Gasteiger partial charge is 0.304 e. The molecule has 1 aliphatic heterocycles. The number of hydrogen-bond donors (Lipinski definition) is 2. The quantitative estimate of drug-likeness (QED) is 0.654. The minimum Gasteiger partial charge on any atom is -0.481 e. The molecule has 0 aliphatic carbocycles. The van der Waals surface area contributed by atoms with Crippen molar-refractivity contribution < 1.29 is 19.5 Å². The first-order valence-electron chi connectivity index (χ1n) is 7.40. The molecule has 0 aromatic carbocycles. The Morgan fingerprint density at radius 1 is 1.38 bits per heavy atom. The van der Waals surface area contributed by atoms with E-state index in [1.807, 2.05) is 11.8 Å². The summed E-state index contributed by atoms with van der Waals surface area (Å²) in [7, 11) is 1.59. The Labute approximate surface area is 125 Å². The van der Waals surface area contributed by atoms with Crippen LogP contribution >= 0.6 is 0 Å². The van der Waals surface area contributed by atoms with Crippen LogP contribution in [0.4, 0.5) is 0 Å². The Morgan fingerprint density at radius 3 is 2.71 bits per heavy atom. The van der Waals surface area contributed by atoms with Crippen LogP contribution in [0.25, 0.3) is 0 Å². The number of aliphatic carboxylic acids is 1. The van der Waals surface area contributed by atoms with Gasteiger partial charge in [0.15, 0.2) is 0 Å². The van der Waals surface area contributed by atoms with Gasteiger partial charge in [0.2, 0.25) is 11.8 Å². The molecule has 2 N–H and O–H groups in total. The zero-order valence-corrected chi connectivity index (χ0v) is 12.8. The Balaban J connectivity index is 2.40. The molecule has 1 atom stereocenters. The van der Waals surface area contributed by atoms with Crippen LogP contribution in [0.2, 0.25) is 0 Å². The third kappa shape index (κ3) is 6.12. The highest BCUT2D eigenvalue weighted by atomic mass is 16.4. The highest BCUT2D eigenvalue weighted by Gasteiger charge is 2.29. The molecule has 1 rings (SSSR count). The molecule has 0 aromatic rings. The average molecular weight is 299 g/mol. The van der Waals surface area contributed by atoms with Crippen molar-refractivity contribution in [3.8, 4) is 0 Å². The molecular formula is C14H25N3O4. The third-order valence-corrected chi connectivity index (χ3v) is 3.63. The van der Waals surface area contributed by atoms with E-state index in [0.717, 1.165) is 25.8 Å². The lowest BCUT2D eigenvalue weighted by Gasteiger charge is -2.25. The molecule has 1 unspecified atom stereocenters. The highest BCUT2D eigenvalue weighted by molar-refractivity contribution is 5.85. The Morgan fingerprint density at radius 2 is 2.10 bits per heavy atom. The lowest BCUT2D eigenvalue weighted by Crippen LogP contribution is -2.44. The van der Waals surface area contributed by atoms with E-state index in [9.17, 15) is 14.4 Å². The molecule has 0 saturated carbocycles. The van der Waals surface area contributed by atoms with Crippen molar-refractivity contribution in [2.45, 2.75) is 38.6 Å². The van der Waals surface area contributed by atoms with Crippen molar-refractivity contribution in [1.82, 2.24) is 15.1 Å². The molecule has 1 saturated heterocycles. The van der Waals surface area contributed by atoms with Crippen molar-refractivity contribution in [2.75, 3.05) is 33.2 Å². The fourth-order valence-corrected chi connectivity index (χ4v) is 2.45. The van der Waals surface area contributed by atoms with Crippen LogP contribution in [0, 0.1) is 0 Å². The molecule has 1 fully saturated rings. The van der Waals surface area contributed by atoms with Crippen LogP contribution in [-0.2, 0) is 14.4 Å². The zero-order chi connectivity index (χ0) is 15.8. The minimum atomic E-state index is -0.841. The standard InChI is InChI=1S/C14H25N3O4/c1-3-6-15-12(18)9-16(2)13(19)10-17-7-4-5-11(17)8-14(20)21/h11H,3-10H2,1-2H3,(H,15,18)(H,20,21). The summed E-state index contributed by atoms with van der Waals surface area (Å²) in [6.45, 7) is 3.52. The van der Waals surface area contributed by atoms with E-state index in [-0.39, 0.29) is 37.4 Å². The summed E-state index contributed by atoms with van der Waals surface area (Å²) in [4.78, 5) is 37.7. The monoisotopic (exact) mass is 299 g/mol. The maximum Gasteiger partial charge on any atom is 0.304 e. The molecule has 0 radical (unpaired) electrons. The molecule has 7 heteroatoms. The number of carbonyl (C=O) groups excluding carboxylic acids is 2. The molecule has 120 valence electrons. The van der Waals surface area contributed by atoms with E-state index < -0.39 is 5.97 Å². The average Bonchev–Trinajstić information content (AvgIpc) is 2.82. The predicted octanol–water partition coefficient (Wildman–Crippen LogP) is -0.0899. The van der Waals surface area contributed by atoms with Gasteiger partial charge in [-0.1, -0.05) is 6.92 Å². The van der Waals surface area contributed by atoms with Crippen molar-refractivity contribution in [3.05, 3.63) is 0 Å². The lowest BCUT2D eigenvalue weighted by molar-refractivity contribution is -0.139. The van der Waals surface area contributed by atoms with Gasteiger partial charge in [0.25, 0.3) is 0 Å². The predicted molar refractivity (Wildman–Crippen MR) is 77.8 cm³/mol. The largest absolute Gasteiger partial charge is 0.481 e. The van der Waals surface area contributed by atoms with Crippen molar-refractivity contribution in [3.63, 3.8) is 0 Å². The van der Waals surface area contributed by atoms with Crippen LogP contribution in [0.3, 0.4) is 0 Å². The van der Waals surface area contributed by atoms with E-state index in [1.54, 1.807) is 7.05 Å². The van der Waals surface area contributed by atoms with Crippen LogP contribution in [0.1, 0.15) is 32.6 Å². The Bertz CT molecular complexity index is 386. The molecule has 21 heavy (non-hydrogen) atoms. The van der Waals surface area contributed by atoms with Crippen LogP contribution in [0.15, 0.2) is 0 Å². The maximum atomic E-state index is 12.1. The van der Waals surface area contributed by atoms with Crippen LogP contribution in [-0.4, -0.2) is 72.0 Å². The topological polar surface area (TPSA) is 90.0 Å². The zero-order valence-electron chi connectivity index (χ0n) is 12.8. The summed E-state index contributed by atoms with van der Waals surface area (Å²) < 4.78 is 0. The van der Waals surface area contributed by atoms with E-state index >= 15 is 0 Å². The van der Waals surface area contributed by atoms with Gasteiger partial charge in [-0.2, -0.15) is 0 Å². The summed E-state index contributed by atoms with van der Waals surface area (Å²) in [5.41, 5.74) is 0. The fourth-order valence-electron chi connectivity index (χ4n) is 2.45. The molecule has 1 heterocycles. The van der Waals surface area contributed by atoms with Gasteiger partial charge < -0.3 is 15.3 Å². The first-order valence-corrected chi connectivity index (χ1v) is 7.40. The first kappa shape index (κ1) is 17.4. The second-order valence-corrected chi connectivity index (χ2v) is 5.46. The van der Waals surface area contributed by atoms with E-state index in [1.165, 1.54) is 4.90 Å². The molecule has 0 bridgehead atoms. The van der Waals surface area contributed by atoms with Crippen LogP contribution in [0.5, 0.6) is 0 Å². The fraction of sp³-hybridized carbons (Fsp3) is 0.786. The molecule has 2 amide bonds. The SMILES string of the molecule is CCCNC(=O)CN(C)C(=O)CN1CCCC1CC(=O)O. The summed E-state index contributed by atoms with van der Waals surface area (Å²) in [5.74, 6) is -1.17. The van der Waals surface area contributed by atoms with Crippen LogP contribution < -0.4 is 5.32 Å². The summed E-state index contributed by atoms with van der Waals surface area (Å²) in [6, 6.07) is -0.0752. The lowest BCUT2D eigenvalue weighted by atomic mass is 10.1. The highest BCUT2D eigenvalue weighted by Crippen LogP contribution is 2.19. The third-order valence-electron chi connectivity index (χ3n) is 3.63. The molecular weight excluding hydrogens is 274 g/mol. The van der Waals surface area contributed by atoms with Gasteiger partial charge >= 0.3 is 5.97 Å². The number of carboxylic acids is 1. The number of amides is 2. The van der Waals surface area contributed by atoms with Crippen molar-refractivity contribution in [2.24, 2.45) is 0 Å². The molecule has 0 spiro atoms. The van der Waals surface area contributed by atoms with Crippen molar-refractivity contribution >= 4 is 17.8 Å². The molecule has 0 aromatic heterocycles. The van der Waals surface area contributed by atoms with E-state index in [2.05, 4.69) is 5.32 Å². The Kier molecular flexibility index (Phi) is 7.14. The van der Waals surface area contributed by atoms with Gasteiger partial charge in [0.1, 0.15) is 0 Å². The first-order chi connectivity index (χ1) is 9.93. The number of nitrogens with one attached hydrogen (secondary N) is 1. The molecule has 1 aliphatic rings. The number of carboxylic acid groups (broad SMARTS) is 1.